The van der Waals surface area contributed by atoms with Crippen LogP contribution in [0.4, 0.5) is 4.39 Å². The summed E-state index contributed by atoms with van der Waals surface area (Å²) in [6, 6.07) is 11.5. The molecule has 1 N–H and O–H groups in total. The highest BCUT2D eigenvalue weighted by Gasteiger charge is 2.06. The van der Waals surface area contributed by atoms with Gasteiger partial charge in [-0.2, -0.15) is 0 Å². The molecule has 0 aromatic heterocycles. The van der Waals surface area contributed by atoms with Crippen molar-refractivity contribution in [3.63, 3.8) is 0 Å². The lowest BCUT2D eigenvalue weighted by atomic mass is 10.2. The monoisotopic (exact) mass is 371 g/mol. The number of halogens is 2. The van der Waals surface area contributed by atoms with Gasteiger partial charge in [0.15, 0.2) is 9.84 Å². The number of hydrogen-bond acceptors (Lipinski definition) is 3. The van der Waals surface area contributed by atoms with Crippen molar-refractivity contribution < 1.29 is 12.8 Å². The third-order valence-electron chi connectivity index (χ3n) is 2.93. The molecule has 0 aliphatic rings. The summed E-state index contributed by atoms with van der Waals surface area (Å²) in [6.07, 6.45) is 1.18. The lowest BCUT2D eigenvalue weighted by Crippen LogP contribution is -2.13. The average Bonchev–Trinajstić information content (AvgIpc) is 2.37. The molecular formula is C15H15BrFNO2S. The van der Waals surface area contributed by atoms with Crippen molar-refractivity contribution in [2.75, 3.05) is 6.26 Å². The summed E-state index contributed by atoms with van der Waals surface area (Å²) in [4.78, 5) is 0.306. The third kappa shape index (κ3) is 4.91. The van der Waals surface area contributed by atoms with E-state index in [0.29, 0.717) is 22.5 Å². The Balaban J connectivity index is 1.94. The molecule has 0 atom stereocenters. The van der Waals surface area contributed by atoms with E-state index < -0.39 is 9.84 Å². The van der Waals surface area contributed by atoms with Gasteiger partial charge in [0.2, 0.25) is 0 Å². The van der Waals surface area contributed by atoms with Crippen molar-refractivity contribution in [3.8, 4) is 0 Å². The second-order valence-electron chi connectivity index (χ2n) is 4.80. The molecule has 0 saturated carbocycles. The maximum atomic E-state index is 13.2. The molecule has 3 nitrogen and oxygen atoms in total. The first-order valence-electron chi connectivity index (χ1n) is 6.29. The molecule has 0 heterocycles. The van der Waals surface area contributed by atoms with Crippen LogP contribution in [0.3, 0.4) is 0 Å². The van der Waals surface area contributed by atoms with Crippen LogP contribution in [0, 0.1) is 5.82 Å². The summed E-state index contributed by atoms with van der Waals surface area (Å²) in [5.41, 5.74) is 1.81. The van der Waals surface area contributed by atoms with Crippen LogP contribution in [-0.4, -0.2) is 14.7 Å². The second-order valence-corrected chi connectivity index (χ2v) is 7.73. The molecule has 0 aliphatic carbocycles. The molecule has 6 heteroatoms. The molecule has 2 aromatic rings. The van der Waals surface area contributed by atoms with E-state index in [0.717, 1.165) is 11.1 Å². The summed E-state index contributed by atoms with van der Waals surface area (Å²) in [5, 5.41) is 3.19. The van der Waals surface area contributed by atoms with Crippen LogP contribution < -0.4 is 5.32 Å². The fourth-order valence-corrected chi connectivity index (χ4v) is 3.06. The van der Waals surface area contributed by atoms with E-state index >= 15 is 0 Å². The minimum absolute atomic E-state index is 0.279. The molecule has 0 bridgehead atoms. The van der Waals surface area contributed by atoms with E-state index in [9.17, 15) is 12.8 Å². The molecule has 21 heavy (non-hydrogen) atoms. The minimum atomic E-state index is -3.16. The fourth-order valence-electron chi connectivity index (χ4n) is 1.92. The Morgan fingerprint density at radius 2 is 1.67 bits per heavy atom. The highest BCUT2D eigenvalue weighted by Crippen LogP contribution is 2.15. The SMILES string of the molecule is CS(=O)(=O)c1ccc(CNCc2cc(F)cc(Br)c2)cc1. The van der Waals surface area contributed by atoms with Crippen molar-refractivity contribution in [2.45, 2.75) is 18.0 Å². The predicted molar refractivity (Wildman–Crippen MR) is 84.2 cm³/mol. The van der Waals surface area contributed by atoms with E-state index in [1.54, 1.807) is 24.3 Å². The highest BCUT2D eigenvalue weighted by atomic mass is 79.9. The number of rotatable bonds is 5. The lowest BCUT2D eigenvalue weighted by Gasteiger charge is -2.07. The summed E-state index contributed by atoms with van der Waals surface area (Å²) < 4.78 is 36.6. The first kappa shape index (κ1) is 16.1. The molecule has 0 radical (unpaired) electrons. The van der Waals surface area contributed by atoms with Gasteiger partial charge in [-0.3, -0.25) is 0 Å². The van der Waals surface area contributed by atoms with Gasteiger partial charge in [0.05, 0.1) is 4.90 Å². The van der Waals surface area contributed by atoms with Gasteiger partial charge < -0.3 is 5.32 Å². The van der Waals surface area contributed by atoms with Crippen molar-refractivity contribution >= 4 is 25.8 Å². The zero-order valence-electron chi connectivity index (χ0n) is 11.4. The zero-order chi connectivity index (χ0) is 15.5. The Morgan fingerprint density at radius 3 is 2.24 bits per heavy atom. The Morgan fingerprint density at radius 1 is 1.05 bits per heavy atom. The van der Waals surface area contributed by atoms with Gasteiger partial charge in [0.1, 0.15) is 5.82 Å². The summed E-state index contributed by atoms with van der Waals surface area (Å²) in [7, 11) is -3.16. The van der Waals surface area contributed by atoms with Crippen LogP contribution in [0.2, 0.25) is 0 Å². The average molecular weight is 372 g/mol. The molecule has 0 saturated heterocycles. The van der Waals surface area contributed by atoms with Crippen LogP contribution in [0.1, 0.15) is 11.1 Å². The smallest absolute Gasteiger partial charge is 0.175 e. The normalized spacial score (nSPS) is 11.6. The topological polar surface area (TPSA) is 46.2 Å². The molecule has 0 amide bonds. The van der Waals surface area contributed by atoms with E-state index in [4.69, 9.17) is 0 Å². The van der Waals surface area contributed by atoms with Crippen molar-refractivity contribution in [2.24, 2.45) is 0 Å². The number of benzene rings is 2. The maximum Gasteiger partial charge on any atom is 0.175 e. The molecule has 0 unspecified atom stereocenters. The fraction of sp³-hybridized carbons (Fsp3) is 0.200. The maximum absolute atomic E-state index is 13.2. The molecule has 2 aromatic carbocycles. The van der Waals surface area contributed by atoms with Gasteiger partial charge in [-0.1, -0.05) is 28.1 Å². The Bertz CT molecular complexity index is 710. The van der Waals surface area contributed by atoms with Gasteiger partial charge in [-0.05, 0) is 41.5 Å². The van der Waals surface area contributed by atoms with Crippen LogP contribution in [0.5, 0.6) is 0 Å². The molecule has 2 rings (SSSR count). The molecule has 0 aliphatic heterocycles. The number of nitrogens with one attached hydrogen (secondary N) is 1. The molecular weight excluding hydrogens is 357 g/mol. The first-order chi connectivity index (χ1) is 9.84. The van der Waals surface area contributed by atoms with E-state index in [-0.39, 0.29) is 5.82 Å². The minimum Gasteiger partial charge on any atom is -0.309 e. The quantitative estimate of drug-likeness (QED) is 0.876. The van der Waals surface area contributed by atoms with E-state index in [2.05, 4.69) is 21.2 Å². The zero-order valence-corrected chi connectivity index (χ0v) is 13.8. The first-order valence-corrected chi connectivity index (χ1v) is 8.98. The van der Waals surface area contributed by atoms with Crippen molar-refractivity contribution in [1.29, 1.82) is 0 Å². The Hall–Kier alpha value is -1.24. The predicted octanol–water partition coefficient (Wildman–Crippen LogP) is 3.28. The van der Waals surface area contributed by atoms with E-state index in [1.807, 2.05) is 6.07 Å². The molecule has 0 spiro atoms. The molecule has 0 fully saturated rings. The van der Waals surface area contributed by atoms with Gasteiger partial charge in [-0.25, -0.2) is 12.8 Å². The van der Waals surface area contributed by atoms with Gasteiger partial charge >= 0.3 is 0 Å². The van der Waals surface area contributed by atoms with Crippen molar-refractivity contribution in [3.05, 3.63) is 63.9 Å². The van der Waals surface area contributed by atoms with Gasteiger partial charge in [-0.15, -0.1) is 0 Å². The van der Waals surface area contributed by atoms with E-state index in [1.165, 1.54) is 18.4 Å². The van der Waals surface area contributed by atoms with Gasteiger partial charge in [0, 0.05) is 23.8 Å². The second kappa shape index (κ2) is 6.68. The summed E-state index contributed by atoms with van der Waals surface area (Å²) in [5.74, 6) is -0.279. The Kier molecular flexibility index (Phi) is 5.13. The third-order valence-corrected chi connectivity index (χ3v) is 4.52. The highest BCUT2D eigenvalue weighted by molar-refractivity contribution is 9.10. The lowest BCUT2D eigenvalue weighted by molar-refractivity contribution is 0.602. The number of hydrogen-bond donors (Lipinski definition) is 1. The standard InChI is InChI=1S/C15H15BrFNO2S/c1-21(19,20)15-4-2-11(3-5-15)9-18-10-12-6-13(16)8-14(17)7-12/h2-8,18H,9-10H2,1H3. The summed E-state index contributed by atoms with van der Waals surface area (Å²) >= 11 is 3.25. The number of sulfone groups is 1. The summed E-state index contributed by atoms with van der Waals surface area (Å²) in [6.45, 7) is 1.11. The van der Waals surface area contributed by atoms with Crippen LogP contribution in [-0.2, 0) is 22.9 Å². The van der Waals surface area contributed by atoms with Crippen LogP contribution in [0.25, 0.3) is 0 Å². The van der Waals surface area contributed by atoms with Crippen LogP contribution in [0.15, 0.2) is 51.8 Å². The Labute approximate surface area is 132 Å². The largest absolute Gasteiger partial charge is 0.309 e. The van der Waals surface area contributed by atoms with Crippen LogP contribution >= 0.6 is 15.9 Å². The molecule has 112 valence electrons. The van der Waals surface area contributed by atoms with Gasteiger partial charge in [0.25, 0.3) is 0 Å². The van der Waals surface area contributed by atoms with Crippen molar-refractivity contribution in [1.82, 2.24) is 5.32 Å².